The van der Waals surface area contributed by atoms with E-state index in [-0.39, 0.29) is 10.8 Å². The Kier molecular flexibility index (Phi) is 5.79. The Morgan fingerprint density at radius 2 is 1.59 bits per heavy atom. The third-order valence-corrected chi connectivity index (χ3v) is 6.02. The van der Waals surface area contributed by atoms with Crippen molar-refractivity contribution in [2.75, 3.05) is 18.7 Å². The first-order chi connectivity index (χ1) is 15.4. The minimum Gasteiger partial charge on any atom is -0.495 e. The van der Waals surface area contributed by atoms with Crippen LogP contribution in [0.25, 0.3) is 16.9 Å². The number of methoxy groups -OCH3 is 1. The molecule has 1 N–H and O–H groups in total. The lowest BCUT2D eigenvalue weighted by Crippen LogP contribution is -2.13. The van der Waals surface area contributed by atoms with Gasteiger partial charge in [0, 0.05) is 18.0 Å². The number of nitrogens with zero attached hydrogens (tertiary/aromatic N) is 2. The molecule has 1 heterocycles. The van der Waals surface area contributed by atoms with E-state index in [1.54, 1.807) is 41.2 Å². The second-order valence-corrected chi connectivity index (χ2v) is 9.14. The van der Waals surface area contributed by atoms with Gasteiger partial charge in [-0.2, -0.15) is 5.10 Å². The molecule has 0 saturated heterocycles. The summed E-state index contributed by atoms with van der Waals surface area (Å²) in [6.07, 6.45) is 2.80. The van der Waals surface area contributed by atoms with Crippen molar-refractivity contribution in [1.29, 1.82) is 0 Å². The number of sulfone groups is 1. The van der Waals surface area contributed by atoms with Gasteiger partial charge in [0.05, 0.1) is 28.9 Å². The average Bonchev–Trinajstić information content (AvgIpc) is 3.25. The third kappa shape index (κ3) is 4.40. The number of nitrogens with one attached hydrogen (secondary N) is 1. The van der Waals surface area contributed by atoms with Crippen LogP contribution in [0, 0.1) is 0 Å². The van der Waals surface area contributed by atoms with Gasteiger partial charge in [0.25, 0.3) is 5.91 Å². The fourth-order valence-electron chi connectivity index (χ4n) is 3.26. The molecule has 0 fully saturated rings. The second kappa shape index (κ2) is 8.68. The Hall–Kier alpha value is -3.91. The molecule has 0 bridgehead atoms. The minimum atomic E-state index is -3.33. The summed E-state index contributed by atoms with van der Waals surface area (Å²) in [5.41, 5.74) is 2.72. The Morgan fingerprint density at radius 1 is 0.938 bits per heavy atom. The van der Waals surface area contributed by atoms with Crippen LogP contribution in [-0.2, 0) is 9.84 Å². The number of carbonyl (C=O) groups excluding carboxylic acids is 1. The molecule has 0 saturated carbocycles. The van der Waals surface area contributed by atoms with Crippen LogP contribution in [0.5, 0.6) is 5.75 Å². The molecule has 4 aromatic rings. The van der Waals surface area contributed by atoms with Crippen LogP contribution in [-0.4, -0.2) is 37.5 Å². The predicted molar refractivity (Wildman–Crippen MR) is 123 cm³/mol. The van der Waals surface area contributed by atoms with E-state index in [0.29, 0.717) is 28.3 Å². The zero-order valence-corrected chi connectivity index (χ0v) is 18.3. The number of rotatable bonds is 6. The van der Waals surface area contributed by atoms with Gasteiger partial charge >= 0.3 is 0 Å². The van der Waals surface area contributed by atoms with Crippen molar-refractivity contribution in [1.82, 2.24) is 9.78 Å². The number of para-hydroxylation sites is 3. The van der Waals surface area contributed by atoms with Crippen molar-refractivity contribution >= 4 is 21.4 Å². The molecule has 0 aliphatic rings. The maximum Gasteiger partial charge on any atom is 0.259 e. The lowest BCUT2D eigenvalue weighted by molar-refractivity contribution is 0.102. The number of hydrogen-bond donors (Lipinski definition) is 1. The SMILES string of the molecule is COc1ccccc1NC(=O)c1cn(-c2ccccc2)nc1-c1ccc(S(C)(=O)=O)cc1. The van der Waals surface area contributed by atoms with E-state index >= 15 is 0 Å². The molecule has 3 aromatic carbocycles. The first-order valence-corrected chi connectivity index (χ1v) is 11.7. The van der Waals surface area contributed by atoms with E-state index in [0.717, 1.165) is 11.9 Å². The molecule has 32 heavy (non-hydrogen) atoms. The lowest BCUT2D eigenvalue weighted by Gasteiger charge is -2.10. The Balaban J connectivity index is 1.78. The van der Waals surface area contributed by atoms with Crippen molar-refractivity contribution in [3.8, 4) is 22.7 Å². The quantitative estimate of drug-likeness (QED) is 0.478. The lowest BCUT2D eigenvalue weighted by atomic mass is 10.1. The van der Waals surface area contributed by atoms with Crippen molar-refractivity contribution in [2.45, 2.75) is 4.90 Å². The van der Waals surface area contributed by atoms with Crippen LogP contribution in [0.1, 0.15) is 10.4 Å². The highest BCUT2D eigenvalue weighted by molar-refractivity contribution is 7.90. The van der Waals surface area contributed by atoms with Crippen LogP contribution < -0.4 is 10.1 Å². The van der Waals surface area contributed by atoms with Gasteiger partial charge in [-0.3, -0.25) is 4.79 Å². The first-order valence-electron chi connectivity index (χ1n) is 9.77. The van der Waals surface area contributed by atoms with Gasteiger partial charge in [0.1, 0.15) is 11.4 Å². The molecule has 0 spiro atoms. The number of ether oxygens (including phenoxy) is 1. The molecular weight excluding hydrogens is 426 g/mol. The minimum absolute atomic E-state index is 0.198. The summed E-state index contributed by atoms with van der Waals surface area (Å²) in [6.45, 7) is 0. The van der Waals surface area contributed by atoms with Crippen molar-refractivity contribution < 1.29 is 17.9 Å². The summed E-state index contributed by atoms with van der Waals surface area (Å²) in [6, 6.07) is 22.9. The maximum absolute atomic E-state index is 13.2. The van der Waals surface area contributed by atoms with Gasteiger partial charge in [-0.05, 0) is 36.4 Å². The monoisotopic (exact) mass is 447 g/mol. The van der Waals surface area contributed by atoms with Crippen LogP contribution >= 0.6 is 0 Å². The number of carbonyl (C=O) groups is 1. The molecule has 0 aliphatic heterocycles. The summed E-state index contributed by atoms with van der Waals surface area (Å²) in [4.78, 5) is 13.4. The highest BCUT2D eigenvalue weighted by atomic mass is 32.2. The van der Waals surface area contributed by atoms with Crippen LogP contribution in [0.4, 0.5) is 5.69 Å². The van der Waals surface area contributed by atoms with Gasteiger partial charge in [0.2, 0.25) is 0 Å². The third-order valence-electron chi connectivity index (χ3n) is 4.89. The topological polar surface area (TPSA) is 90.3 Å². The normalized spacial score (nSPS) is 11.2. The molecule has 4 rings (SSSR count). The van der Waals surface area contributed by atoms with Gasteiger partial charge in [-0.1, -0.05) is 42.5 Å². The maximum atomic E-state index is 13.2. The number of benzene rings is 3. The standard InChI is InChI=1S/C24H21N3O4S/c1-31-22-11-7-6-10-21(22)25-24(28)20-16-27(18-8-4-3-5-9-18)26-23(20)17-12-14-19(15-13-17)32(2,29)30/h3-16H,1-2H3,(H,25,28). The molecule has 162 valence electrons. The van der Waals surface area contributed by atoms with E-state index < -0.39 is 9.84 Å². The number of aromatic nitrogens is 2. The summed E-state index contributed by atoms with van der Waals surface area (Å²) in [5, 5.41) is 7.50. The number of hydrogen-bond acceptors (Lipinski definition) is 5. The molecular formula is C24H21N3O4S. The Labute approximate surface area is 186 Å². The number of anilines is 1. The first kappa shape index (κ1) is 21.3. The Bertz CT molecular complexity index is 1360. The van der Waals surface area contributed by atoms with Crippen LogP contribution in [0.2, 0.25) is 0 Å². The summed E-state index contributed by atoms with van der Waals surface area (Å²) < 4.78 is 30.6. The van der Waals surface area contributed by atoms with E-state index in [1.807, 2.05) is 36.4 Å². The molecule has 8 heteroatoms. The van der Waals surface area contributed by atoms with Gasteiger partial charge < -0.3 is 10.1 Å². The summed E-state index contributed by atoms with van der Waals surface area (Å²) >= 11 is 0. The smallest absolute Gasteiger partial charge is 0.259 e. The predicted octanol–water partition coefficient (Wildman–Crippen LogP) is 4.20. The van der Waals surface area contributed by atoms with Crippen LogP contribution in [0.3, 0.4) is 0 Å². The van der Waals surface area contributed by atoms with E-state index in [2.05, 4.69) is 10.4 Å². The average molecular weight is 448 g/mol. The summed E-state index contributed by atoms with van der Waals surface area (Å²) in [7, 11) is -1.80. The second-order valence-electron chi connectivity index (χ2n) is 7.12. The fourth-order valence-corrected chi connectivity index (χ4v) is 3.89. The molecule has 0 unspecified atom stereocenters. The highest BCUT2D eigenvalue weighted by Crippen LogP contribution is 2.28. The largest absolute Gasteiger partial charge is 0.495 e. The molecule has 1 aromatic heterocycles. The van der Waals surface area contributed by atoms with Crippen molar-refractivity contribution in [3.63, 3.8) is 0 Å². The van der Waals surface area contributed by atoms with Crippen molar-refractivity contribution in [2.24, 2.45) is 0 Å². The van der Waals surface area contributed by atoms with E-state index in [1.165, 1.54) is 19.2 Å². The van der Waals surface area contributed by atoms with Crippen molar-refractivity contribution in [3.05, 3.63) is 90.6 Å². The summed E-state index contributed by atoms with van der Waals surface area (Å²) in [5.74, 6) is 0.175. The zero-order valence-electron chi connectivity index (χ0n) is 17.5. The van der Waals surface area contributed by atoms with Crippen LogP contribution in [0.15, 0.2) is 90.0 Å². The molecule has 1 amide bonds. The Morgan fingerprint density at radius 3 is 2.25 bits per heavy atom. The fraction of sp³-hybridized carbons (Fsp3) is 0.0833. The van der Waals surface area contributed by atoms with Gasteiger partial charge in [-0.15, -0.1) is 0 Å². The van der Waals surface area contributed by atoms with E-state index in [9.17, 15) is 13.2 Å². The van der Waals surface area contributed by atoms with Gasteiger partial charge in [-0.25, -0.2) is 13.1 Å². The highest BCUT2D eigenvalue weighted by Gasteiger charge is 2.20. The molecule has 0 aliphatic carbocycles. The number of amides is 1. The molecule has 0 radical (unpaired) electrons. The van der Waals surface area contributed by atoms with Gasteiger partial charge in [0.15, 0.2) is 9.84 Å². The molecule has 0 atom stereocenters. The van der Waals surface area contributed by atoms with E-state index in [4.69, 9.17) is 4.74 Å². The molecule has 7 nitrogen and oxygen atoms in total. The zero-order chi connectivity index (χ0) is 22.7.